The van der Waals surface area contributed by atoms with E-state index in [4.69, 9.17) is 9.47 Å². The molecule has 1 saturated heterocycles. The smallest absolute Gasteiger partial charge is 0.258 e. The second-order valence-corrected chi connectivity index (χ2v) is 9.84. The molecular weight excluding hydrogens is 488 g/mol. The number of benzene rings is 2. The van der Waals surface area contributed by atoms with Crippen LogP contribution in [0.5, 0.6) is 11.5 Å². The van der Waals surface area contributed by atoms with Crippen LogP contribution < -0.4 is 20.1 Å². The molecule has 4 bridgehead atoms. The molecule has 5 rings (SSSR count). The molecule has 4 amide bonds. The number of carbonyl (C=O) groups excluding carboxylic acids is 4. The first-order valence-electron chi connectivity index (χ1n) is 12.7. The molecule has 0 saturated carbocycles. The average Bonchev–Trinajstić information content (AvgIpc) is 2.91. The maximum Gasteiger partial charge on any atom is 0.258 e. The zero-order valence-corrected chi connectivity index (χ0v) is 22.0. The highest BCUT2D eigenvalue weighted by molar-refractivity contribution is 5.95. The molecule has 2 aromatic carbocycles. The molecule has 2 aromatic rings. The third kappa shape index (κ3) is 6.81. The van der Waals surface area contributed by atoms with Gasteiger partial charge < -0.3 is 29.9 Å². The van der Waals surface area contributed by atoms with Crippen molar-refractivity contribution in [1.29, 1.82) is 0 Å². The molecule has 1 fully saturated rings. The molecule has 0 spiro atoms. The van der Waals surface area contributed by atoms with Crippen molar-refractivity contribution in [2.75, 3.05) is 33.8 Å². The van der Waals surface area contributed by atoms with Crippen LogP contribution in [0.2, 0.25) is 0 Å². The number of likely N-dealkylation sites (tertiary alicyclic amines) is 1. The number of hydrogen-bond acceptors (Lipinski definition) is 6. The van der Waals surface area contributed by atoms with Gasteiger partial charge in [-0.3, -0.25) is 19.2 Å². The zero-order chi connectivity index (χ0) is 27.2. The summed E-state index contributed by atoms with van der Waals surface area (Å²) >= 11 is 0. The van der Waals surface area contributed by atoms with Crippen molar-refractivity contribution >= 4 is 23.6 Å². The van der Waals surface area contributed by atoms with Crippen LogP contribution in [0.25, 0.3) is 0 Å². The van der Waals surface area contributed by atoms with E-state index in [0.717, 1.165) is 11.1 Å². The molecule has 0 aliphatic carbocycles. The number of carbonyl (C=O) groups is 4. The van der Waals surface area contributed by atoms with Crippen molar-refractivity contribution in [3.8, 4) is 11.5 Å². The Balaban J connectivity index is 1.57. The van der Waals surface area contributed by atoms with E-state index < -0.39 is 6.04 Å². The van der Waals surface area contributed by atoms with Gasteiger partial charge >= 0.3 is 0 Å². The fourth-order valence-electron chi connectivity index (χ4n) is 4.44. The number of piperidine rings is 1. The number of rotatable bonds is 3. The lowest BCUT2D eigenvalue weighted by atomic mass is 10.00. The first kappa shape index (κ1) is 27.0. The van der Waals surface area contributed by atoms with Crippen LogP contribution in [0.1, 0.15) is 40.7 Å². The summed E-state index contributed by atoms with van der Waals surface area (Å²) in [4.78, 5) is 53.6. The molecular formula is C28H34N4O6. The van der Waals surface area contributed by atoms with Gasteiger partial charge in [-0.15, -0.1) is 0 Å². The molecule has 0 aromatic heterocycles. The van der Waals surface area contributed by atoms with Crippen molar-refractivity contribution in [1.82, 2.24) is 20.4 Å². The summed E-state index contributed by atoms with van der Waals surface area (Å²) in [5.74, 6) is 0.222. The van der Waals surface area contributed by atoms with Gasteiger partial charge in [0.2, 0.25) is 11.8 Å². The van der Waals surface area contributed by atoms with Crippen LogP contribution in [0.15, 0.2) is 42.5 Å². The Kier molecular flexibility index (Phi) is 8.50. The highest BCUT2D eigenvalue weighted by Gasteiger charge is 2.34. The number of aryl methyl sites for hydroxylation is 1. The lowest BCUT2D eigenvalue weighted by Gasteiger charge is -2.39. The van der Waals surface area contributed by atoms with Gasteiger partial charge in [-0.1, -0.05) is 18.2 Å². The van der Waals surface area contributed by atoms with Crippen LogP contribution in [0.3, 0.4) is 0 Å². The molecule has 38 heavy (non-hydrogen) atoms. The van der Waals surface area contributed by atoms with E-state index in [1.165, 1.54) is 4.90 Å². The lowest BCUT2D eigenvalue weighted by molar-refractivity contribution is -0.137. The van der Waals surface area contributed by atoms with Gasteiger partial charge in [-0.05, 0) is 42.3 Å². The van der Waals surface area contributed by atoms with Gasteiger partial charge in [0, 0.05) is 58.6 Å². The van der Waals surface area contributed by atoms with Crippen LogP contribution >= 0.6 is 0 Å². The van der Waals surface area contributed by atoms with Crippen molar-refractivity contribution in [2.24, 2.45) is 0 Å². The molecule has 2 atom stereocenters. The predicted octanol–water partition coefficient (Wildman–Crippen LogP) is 1.65. The minimum atomic E-state index is -0.478. The number of fused-ring (bicyclic) bond motifs is 7. The number of amides is 4. The Bertz CT molecular complexity index is 1200. The number of hydrogen-bond donors (Lipinski definition) is 2. The van der Waals surface area contributed by atoms with Gasteiger partial charge in [0.15, 0.2) is 6.61 Å². The van der Waals surface area contributed by atoms with Crippen molar-refractivity contribution < 1.29 is 28.7 Å². The standard InChI is InChI=1S/C28H34N4O6/c1-18-4-7-20-14-24(18)37-17-25(33)29-15-19-5-8-21(9-6-19)38-23-12-13-32(16-22(23)30-28(20)36)27(35)11-10-26(34)31(2)3/h4-9,14,22-23H,10-13,15-17H2,1-3H3,(H,29,33)(H,30,36)/t22-,23-/m0/s1. The first-order chi connectivity index (χ1) is 18.2. The number of nitrogens with one attached hydrogen (secondary N) is 2. The maximum atomic E-state index is 13.3. The Morgan fingerprint density at radius 1 is 1.08 bits per heavy atom. The fourth-order valence-corrected chi connectivity index (χ4v) is 4.44. The molecule has 3 aliphatic heterocycles. The molecule has 3 aliphatic rings. The van der Waals surface area contributed by atoms with Crippen molar-refractivity contribution in [3.05, 3.63) is 59.2 Å². The van der Waals surface area contributed by atoms with Gasteiger partial charge in [0.25, 0.3) is 11.8 Å². The van der Waals surface area contributed by atoms with E-state index in [1.54, 1.807) is 37.2 Å². The summed E-state index contributed by atoms with van der Waals surface area (Å²) in [7, 11) is 3.32. The van der Waals surface area contributed by atoms with Crippen LogP contribution in [-0.2, 0) is 20.9 Å². The van der Waals surface area contributed by atoms with Crippen molar-refractivity contribution in [3.63, 3.8) is 0 Å². The van der Waals surface area contributed by atoms with Gasteiger partial charge in [0.05, 0.1) is 6.04 Å². The summed E-state index contributed by atoms with van der Waals surface area (Å²) < 4.78 is 12.0. The van der Waals surface area contributed by atoms with E-state index in [0.29, 0.717) is 36.6 Å². The van der Waals surface area contributed by atoms with Crippen LogP contribution in [0, 0.1) is 6.92 Å². The third-order valence-electron chi connectivity index (χ3n) is 6.78. The van der Waals surface area contributed by atoms with E-state index in [2.05, 4.69) is 10.6 Å². The Morgan fingerprint density at radius 3 is 2.58 bits per heavy atom. The van der Waals surface area contributed by atoms with E-state index in [-0.39, 0.29) is 55.7 Å². The average molecular weight is 523 g/mol. The van der Waals surface area contributed by atoms with Crippen LogP contribution in [0.4, 0.5) is 0 Å². The summed E-state index contributed by atoms with van der Waals surface area (Å²) in [6.45, 7) is 2.73. The molecule has 10 nitrogen and oxygen atoms in total. The molecule has 0 unspecified atom stereocenters. The summed E-state index contributed by atoms with van der Waals surface area (Å²) in [5.41, 5.74) is 2.08. The highest BCUT2D eigenvalue weighted by atomic mass is 16.5. The topological polar surface area (TPSA) is 117 Å². The molecule has 3 heterocycles. The number of nitrogens with zero attached hydrogens (tertiary/aromatic N) is 2. The molecule has 10 heteroatoms. The summed E-state index contributed by atoms with van der Waals surface area (Å²) in [5, 5.41) is 5.87. The monoisotopic (exact) mass is 522 g/mol. The molecule has 0 radical (unpaired) electrons. The second-order valence-electron chi connectivity index (χ2n) is 9.84. The van der Waals surface area contributed by atoms with Gasteiger partial charge in [0.1, 0.15) is 17.6 Å². The van der Waals surface area contributed by atoms with Gasteiger partial charge in [-0.25, -0.2) is 0 Å². The molecule has 202 valence electrons. The van der Waals surface area contributed by atoms with E-state index in [9.17, 15) is 19.2 Å². The Labute approximate surface area is 222 Å². The summed E-state index contributed by atoms with van der Waals surface area (Å²) in [6.07, 6.45) is 0.387. The predicted molar refractivity (Wildman–Crippen MR) is 140 cm³/mol. The zero-order valence-electron chi connectivity index (χ0n) is 22.0. The second kappa shape index (κ2) is 12.0. The Morgan fingerprint density at radius 2 is 1.84 bits per heavy atom. The quantitative estimate of drug-likeness (QED) is 0.633. The minimum absolute atomic E-state index is 0.107. The fraction of sp³-hybridized carbons (Fsp3) is 0.429. The lowest BCUT2D eigenvalue weighted by Crippen LogP contribution is -2.58. The van der Waals surface area contributed by atoms with Crippen LogP contribution in [-0.4, -0.2) is 79.4 Å². The third-order valence-corrected chi connectivity index (χ3v) is 6.78. The SMILES string of the molecule is Cc1ccc2cc1OCC(=O)NCc1ccc(cc1)O[C@H]1CCN(C(=O)CCC(=O)N(C)C)C[C@@H]1NC2=O. The first-order valence-corrected chi connectivity index (χ1v) is 12.7. The van der Waals surface area contributed by atoms with E-state index in [1.807, 2.05) is 31.2 Å². The van der Waals surface area contributed by atoms with Gasteiger partial charge in [-0.2, -0.15) is 0 Å². The van der Waals surface area contributed by atoms with Crippen molar-refractivity contribution in [2.45, 2.75) is 44.9 Å². The Hall–Kier alpha value is -4.08. The number of ether oxygens (including phenoxy) is 2. The van der Waals surface area contributed by atoms with E-state index >= 15 is 0 Å². The highest BCUT2D eigenvalue weighted by Crippen LogP contribution is 2.23. The maximum absolute atomic E-state index is 13.3. The largest absolute Gasteiger partial charge is 0.488 e. The minimum Gasteiger partial charge on any atom is -0.488 e. The summed E-state index contributed by atoms with van der Waals surface area (Å²) in [6, 6.07) is 12.0. The molecule has 2 N–H and O–H groups in total. The normalized spacial score (nSPS) is 19.7.